The van der Waals surface area contributed by atoms with Gasteiger partial charge in [0.05, 0.1) is 32.6 Å². The zero-order valence-electron chi connectivity index (χ0n) is 18.9. The van der Waals surface area contributed by atoms with Gasteiger partial charge in [-0.25, -0.2) is 9.38 Å². The third kappa shape index (κ3) is 7.65. The molecule has 3 rings (SSSR count). The number of aromatic nitrogens is 1. The molecule has 0 fully saturated rings. The molecule has 9 heteroatoms. The SMILES string of the molecule is COCCOCCNCCCn1c(-c2ccc(F)cc2)cs/c1=N\c1ccc(Cl)cc1OC. The van der Waals surface area contributed by atoms with Crippen LogP contribution in [0.3, 0.4) is 0 Å². The molecule has 0 atom stereocenters. The maximum atomic E-state index is 13.5. The van der Waals surface area contributed by atoms with Crippen LogP contribution in [0.1, 0.15) is 6.42 Å². The van der Waals surface area contributed by atoms with Gasteiger partial charge in [-0.3, -0.25) is 0 Å². The standard InChI is InChI=1S/C24H29ClFN3O3S/c1-30-14-15-32-13-11-27-10-3-12-29-22(18-4-7-20(26)8-5-18)17-33-24(29)28-21-9-6-19(25)16-23(21)31-2/h4-9,16-17,27H,3,10-15H2,1-2H3/b28-24-. The number of benzene rings is 2. The fourth-order valence-corrected chi connectivity index (χ4v) is 4.32. The Balaban J connectivity index is 1.76. The fourth-order valence-electron chi connectivity index (χ4n) is 3.21. The molecule has 3 aromatic rings. The van der Waals surface area contributed by atoms with E-state index < -0.39 is 0 Å². The number of ether oxygens (including phenoxy) is 3. The van der Waals surface area contributed by atoms with Crippen molar-refractivity contribution in [1.29, 1.82) is 0 Å². The summed E-state index contributed by atoms with van der Waals surface area (Å²) in [6, 6.07) is 11.9. The molecule has 1 aromatic heterocycles. The molecule has 0 radical (unpaired) electrons. The lowest BCUT2D eigenvalue weighted by Gasteiger charge is -2.11. The van der Waals surface area contributed by atoms with Crippen LogP contribution in [0.25, 0.3) is 11.3 Å². The lowest BCUT2D eigenvalue weighted by molar-refractivity contribution is 0.0720. The van der Waals surface area contributed by atoms with Gasteiger partial charge in [-0.05, 0) is 54.9 Å². The van der Waals surface area contributed by atoms with Crippen LogP contribution in [-0.4, -0.2) is 51.7 Å². The second-order valence-corrected chi connectivity index (χ2v) is 8.47. The summed E-state index contributed by atoms with van der Waals surface area (Å²) in [7, 11) is 3.26. The highest BCUT2D eigenvalue weighted by molar-refractivity contribution is 7.07. The van der Waals surface area contributed by atoms with Gasteiger partial charge in [0.1, 0.15) is 17.3 Å². The molecule has 0 saturated carbocycles. The van der Waals surface area contributed by atoms with Gasteiger partial charge >= 0.3 is 0 Å². The lowest BCUT2D eigenvalue weighted by atomic mass is 10.1. The molecule has 0 bridgehead atoms. The highest BCUT2D eigenvalue weighted by Gasteiger charge is 2.10. The number of hydrogen-bond donors (Lipinski definition) is 1. The van der Waals surface area contributed by atoms with Crippen LogP contribution in [0.15, 0.2) is 52.8 Å². The van der Waals surface area contributed by atoms with Gasteiger partial charge in [-0.15, -0.1) is 11.3 Å². The van der Waals surface area contributed by atoms with Gasteiger partial charge in [0.2, 0.25) is 0 Å². The van der Waals surface area contributed by atoms with E-state index in [9.17, 15) is 4.39 Å². The lowest BCUT2D eigenvalue weighted by Crippen LogP contribution is -2.24. The van der Waals surface area contributed by atoms with Crippen LogP contribution in [0.5, 0.6) is 5.75 Å². The summed E-state index contributed by atoms with van der Waals surface area (Å²) in [6.07, 6.45) is 0.897. The van der Waals surface area contributed by atoms with E-state index in [2.05, 4.69) is 9.88 Å². The minimum atomic E-state index is -0.256. The monoisotopic (exact) mass is 493 g/mol. The Hall–Kier alpha value is -2.23. The van der Waals surface area contributed by atoms with E-state index in [0.29, 0.717) is 36.3 Å². The number of rotatable bonds is 13. The van der Waals surface area contributed by atoms with Crippen LogP contribution in [0.4, 0.5) is 10.1 Å². The summed E-state index contributed by atoms with van der Waals surface area (Å²) in [6.45, 7) is 4.22. The summed E-state index contributed by atoms with van der Waals surface area (Å²) in [4.78, 5) is 5.68. The molecule has 0 aliphatic rings. The second-order valence-electron chi connectivity index (χ2n) is 7.20. The number of methoxy groups -OCH3 is 2. The molecule has 0 aliphatic heterocycles. The van der Waals surface area contributed by atoms with E-state index in [1.54, 1.807) is 38.5 Å². The van der Waals surface area contributed by atoms with Gasteiger partial charge in [-0.1, -0.05) is 11.6 Å². The predicted octanol–water partition coefficient (Wildman–Crippen LogP) is 4.89. The van der Waals surface area contributed by atoms with E-state index in [-0.39, 0.29) is 5.82 Å². The molecular weight excluding hydrogens is 465 g/mol. The van der Waals surface area contributed by atoms with Crippen molar-refractivity contribution in [3.63, 3.8) is 0 Å². The number of nitrogens with one attached hydrogen (secondary N) is 1. The Morgan fingerprint density at radius 3 is 2.64 bits per heavy atom. The number of hydrogen-bond acceptors (Lipinski definition) is 6. The minimum Gasteiger partial charge on any atom is -0.494 e. The quantitative estimate of drug-likeness (QED) is 0.344. The first-order valence-corrected chi connectivity index (χ1v) is 12.0. The van der Waals surface area contributed by atoms with Crippen LogP contribution >= 0.6 is 22.9 Å². The average molecular weight is 494 g/mol. The van der Waals surface area contributed by atoms with Crippen molar-refractivity contribution in [3.8, 4) is 17.0 Å². The Morgan fingerprint density at radius 2 is 1.88 bits per heavy atom. The molecule has 33 heavy (non-hydrogen) atoms. The van der Waals surface area contributed by atoms with E-state index in [1.165, 1.54) is 23.5 Å². The van der Waals surface area contributed by atoms with Crippen LogP contribution < -0.4 is 14.9 Å². The molecule has 0 amide bonds. The maximum absolute atomic E-state index is 13.5. The molecule has 1 heterocycles. The summed E-state index contributed by atoms with van der Waals surface area (Å²) in [5.41, 5.74) is 2.64. The highest BCUT2D eigenvalue weighted by Crippen LogP contribution is 2.30. The van der Waals surface area contributed by atoms with Crippen molar-refractivity contribution in [2.24, 2.45) is 4.99 Å². The van der Waals surface area contributed by atoms with Crippen LogP contribution in [-0.2, 0) is 16.0 Å². The third-order valence-electron chi connectivity index (χ3n) is 4.89. The van der Waals surface area contributed by atoms with Gasteiger partial charge in [0, 0.05) is 36.7 Å². The first-order chi connectivity index (χ1) is 16.1. The second kappa shape index (κ2) is 13.5. The van der Waals surface area contributed by atoms with Crippen molar-refractivity contribution >= 4 is 28.6 Å². The van der Waals surface area contributed by atoms with Gasteiger partial charge in [0.25, 0.3) is 0 Å². The first kappa shape index (κ1) is 25.4. The first-order valence-electron chi connectivity index (χ1n) is 10.7. The molecule has 0 aliphatic carbocycles. The Labute approximate surface area is 202 Å². The van der Waals surface area contributed by atoms with Crippen molar-refractivity contribution in [2.45, 2.75) is 13.0 Å². The molecule has 6 nitrogen and oxygen atoms in total. The van der Waals surface area contributed by atoms with E-state index >= 15 is 0 Å². The summed E-state index contributed by atoms with van der Waals surface area (Å²) >= 11 is 7.63. The van der Waals surface area contributed by atoms with Crippen molar-refractivity contribution in [2.75, 3.05) is 47.1 Å². The van der Waals surface area contributed by atoms with Crippen molar-refractivity contribution in [3.05, 3.63) is 63.5 Å². The van der Waals surface area contributed by atoms with Crippen LogP contribution in [0, 0.1) is 5.82 Å². The number of thiazole rings is 1. The normalized spacial score (nSPS) is 11.8. The van der Waals surface area contributed by atoms with Crippen molar-refractivity contribution in [1.82, 2.24) is 9.88 Å². The molecule has 178 valence electrons. The van der Waals surface area contributed by atoms with E-state index in [0.717, 1.165) is 42.1 Å². The maximum Gasteiger partial charge on any atom is 0.190 e. The Kier molecular flexibility index (Phi) is 10.4. The summed E-state index contributed by atoms with van der Waals surface area (Å²) in [5.74, 6) is 0.356. The molecule has 0 saturated heterocycles. The average Bonchev–Trinajstić information content (AvgIpc) is 3.21. The largest absolute Gasteiger partial charge is 0.494 e. The van der Waals surface area contributed by atoms with Gasteiger partial charge in [0.15, 0.2) is 4.80 Å². The Morgan fingerprint density at radius 1 is 1.06 bits per heavy atom. The summed E-state index contributed by atoms with van der Waals surface area (Å²) in [5, 5.41) is 6.03. The molecule has 0 unspecified atom stereocenters. The fraction of sp³-hybridized carbons (Fsp3) is 0.375. The zero-order chi connectivity index (χ0) is 23.5. The van der Waals surface area contributed by atoms with Crippen LogP contribution in [0.2, 0.25) is 5.02 Å². The minimum absolute atomic E-state index is 0.256. The molecule has 2 aromatic carbocycles. The number of halogens is 2. The Bertz CT molecular complexity index is 1070. The topological polar surface area (TPSA) is 57.0 Å². The summed E-state index contributed by atoms with van der Waals surface area (Å²) < 4.78 is 31.5. The highest BCUT2D eigenvalue weighted by atomic mass is 35.5. The van der Waals surface area contributed by atoms with E-state index in [1.807, 2.05) is 11.4 Å². The third-order valence-corrected chi connectivity index (χ3v) is 5.98. The zero-order valence-corrected chi connectivity index (χ0v) is 20.4. The number of nitrogens with zero attached hydrogens (tertiary/aromatic N) is 2. The molecule has 0 spiro atoms. The van der Waals surface area contributed by atoms with Gasteiger partial charge < -0.3 is 24.1 Å². The molecule has 1 N–H and O–H groups in total. The predicted molar refractivity (Wildman–Crippen MR) is 131 cm³/mol. The van der Waals surface area contributed by atoms with Gasteiger partial charge in [-0.2, -0.15) is 0 Å². The van der Waals surface area contributed by atoms with E-state index in [4.69, 9.17) is 30.8 Å². The smallest absolute Gasteiger partial charge is 0.190 e. The molecular formula is C24H29ClFN3O3S. The van der Waals surface area contributed by atoms with Crippen molar-refractivity contribution < 1.29 is 18.6 Å².